The van der Waals surface area contributed by atoms with Crippen molar-refractivity contribution in [2.75, 3.05) is 5.43 Å². The zero-order valence-corrected chi connectivity index (χ0v) is 12.8. The SMILES string of the molecule is O=[N+]([O-])c1ccc(NN=c2ccccc3ccccc23)c([N+](=O)[O-])c1. The average Bonchev–Trinajstić information content (AvgIpc) is 2.82. The van der Waals surface area contributed by atoms with Crippen LogP contribution in [0.2, 0.25) is 0 Å². The molecule has 3 aromatic carbocycles. The molecule has 0 aromatic heterocycles. The molecule has 3 rings (SSSR count). The van der Waals surface area contributed by atoms with Gasteiger partial charge in [-0.05, 0) is 17.5 Å². The Morgan fingerprint density at radius 3 is 2.20 bits per heavy atom. The summed E-state index contributed by atoms with van der Waals surface area (Å²) in [6, 6.07) is 18.3. The van der Waals surface area contributed by atoms with Crippen LogP contribution >= 0.6 is 0 Å². The molecule has 124 valence electrons. The molecule has 0 aliphatic carbocycles. The van der Waals surface area contributed by atoms with Crippen molar-refractivity contribution in [1.29, 1.82) is 0 Å². The summed E-state index contributed by atoms with van der Waals surface area (Å²) in [4.78, 5) is 20.6. The van der Waals surface area contributed by atoms with Crippen LogP contribution in [0, 0.1) is 20.2 Å². The quantitative estimate of drug-likeness (QED) is 0.578. The Kier molecular flexibility index (Phi) is 4.34. The molecule has 0 saturated heterocycles. The molecule has 0 bridgehead atoms. The first-order valence-electron chi connectivity index (χ1n) is 7.27. The second-order valence-corrected chi connectivity index (χ2v) is 5.13. The van der Waals surface area contributed by atoms with Gasteiger partial charge >= 0.3 is 5.69 Å². The van der Waals surface area contributed by atoms with Gasteiger partial charge < -0.3 is 0 Å². The lowest BCUT2D eigenvalue weighted by Gasteiger charge is -2.02. The Morgan fingerprint density at radius 1 is 0.840 bits per heavy atom. The van der Waals surface area contributed by atoms with Crippen LogP contribution in [0.25, 0.3) is 10.8 Å². The van der Waals surface area contributed by atoms with Gasteiger partial charge in [-0.15, -0.1) is 0 Å². The molecule has 0 spiro atoms. The molecule has 8 nitrogen and oxygen atoms in total. The number of fused-ring (bicyclic) bond motifs is 1. The Hall–Kier alpha value is -3.81. The molecule has 0 heterocycles. The number of anilines is 1. The van der Waals surface area contributed by atoms with Crippen molar-refractivity contribution in [3.05, 3.63) is 92.3 Å². The lowest BCUT2D eigenvalue weighted by molar-refractivity contribution is -0.393. The van der Waals surface area contributed by atoms with E-state index in [-0.39, 0.29) is 11.4 Å². The molecule has 0 atom stereocenters. The Balaban J connectivity index is 2.09. The van der Waals surface area contributed by atoms with Crippen LogP contribution in [-0.2, 0) is 0 Å². The minimum absolute atomic E-state index is 0.0752. The molecule has 0 fully saturated rings. The standard InChI is InChI=1S/C17H12N4O4/c22-20(23)13-9-10-16(17(11-13)21(24)25)19-18-15-8-4-2-6-12-5-1-3-7-14(12)15/h1-11,19H. The van der Waals surface area contributed by atoms with Crippen LogP contribution in [0.3, 0.4) is 0 Å². The fourth-order valence-electron chi connectivity index (χ4n) is 2.37. The van der Waals surface area contributed by atoms with Crippen LogP contribution in [0.1, 0.15) is 0 Å². The zero-order valence-electron chi connectivity index (χ0n) is 12.8. The van der Waals surface area contributed by atoms with Gasteiger partial charge in [-0.3, -0.25) is 25.7 Å². The van der Waals surface area contributed by atoms with E-state index in [4.69, 9.17) is 0 Å². The predicted octanol–water partition coefficient (Wildman–Crippen LogP) is 3.58. The monoisotopic (exact) mass is 336 g/mol. The number of rotatable bonds is 4. The average molecular weight is 336 g/mol. The number of hydrogen-bond donors (Lipinski definition) is 1. The van der Waals surface area contributed by atoms with Crippen molar-refractivity contribution < 1.29 is 9.85 Å². The van der Waals surface area contributed by atoms with E-state index in [1.54, 1.807) is 6.07 Å². The number of nitro groups is 2. The first kappa shape index (κ1) is 16.1. The Bertz CT molecular complexity index is 1050. The van der Waals surface area contributed by atoms with Crippen molar-refractivity contribution >= 4 is 27.8 Å². The van der Waals surface area contributed by atoms with E-state index in [9.17, 15) is 20.2 Å². The highest BCUT2D eigenvalue weighted by molar-refractivity contribution is 5.81. The molecule has 3 aromatic rings. The zero-order chi connectivity index (χ0) is 17.8. The van der Waals surface area contributed by atoms with E-state index in [2.05, 4.69) is 10.5 Å². The van der Waals surface area contributed by atoms with Gasteiger partial charge in [-0.1, -0.05) is 42.5 Å². The number of nitro benzene ring substituents is 2. The predicted molar refractivity (Wildman–Crippen MR) is 92.9 cm³/mol. The van der Waals surface area contributed by atoms with Crippen molar-refractivity contribution in [2.45, 2.75) is 0 Å². The summed E-state index contributed by atoms with van der Waals surface area (Å²) in [5.74, 6) is 0. The van der Waals surface area contributed by atoms with Gasteiger partial charge in [0.15, 0.2) is 0 Å². The number of nitrogens with one attached hydrogen (secondary N) is 1. The van der Waals surface area contributed by atoms with Gasteiger partial charge in [0.1, 0.15) is 5.69 Å². The van der Waals surface area contributed by atoms with Crippen LogP contribution in [0.4, 0.5) is 17.1 Å². The maximum absolute atomic E-state index is 11.2. The maximum atomic E-state index is 11.2. The molecule has 8 heteroatoms. The summed E-state index contributed by atoms with van der Waals surface area (Å²) in [5, 5.41) is 28.6. The number of benzene rings is 2. The molecular weight excluding hydrogens is 324 g/mol. The molecule has 0 radical (unpaired) electrons. The topological polar surface area (TPSA) is 111 Å². The molecule has 25 heavy (non-hydrogen) atoms. The Labute approximate surface area is 141 Å². The molecular formula is C17H12N4O4. The molecule has 0 aliphatic heterocycles. The second-order valence-electron chi connectivity index (χ2n) is 5.13. The first-order valence-corrected chi connectivity index (χ1v) is 7.27. The molecule has 0 amide bonds. The van der Waals surface area contributed by atoms with Crippen molar-refractivity contribution in [1.82, 2.24) is 0 Å². The highest BCUT2D eigenvalue weighted by Crippen LogP contribution is 2.28. The van der Waals surface area contributed by atoms with E-state index in [1.807, 2.05) is 42.5 Å². The summed E-state index contributed by atoms with van der Waals surface area (Å²) in [6.45, 7) is 0. The highest BCUT2D eigenvalue weighted by atomic mass is 16.6. The molecule has 0 saturated carbocycles. The number of hydrogen-bond acceptors (Lipinski definition) is 6. The Morgan fingerprint density at radius 2 is 1.52 bits per heavy atom. The van der Waals surface area contributed by atoms with E-state index in [1.165, 1.54) is 12.1 Å². The smallest absolute Gasteiger partial charge is 0.271 e. The summed E-state index contributed by atoms with van der Waals surface area (Å²) < 4.78 is 0. The van der Waals surface area contributed by atoms with E-state index in [0.717, 1.165) is 16.8 Å². The molecule has 0 unspecified atom stereocenters. The van der Waals surface area contributed by atoms with E-state index in [0.29, 0.717) is 5.36 Å². The van der Waals surface area contributed by atoms with Crippen LogP contribution < -0.4 is 10.8 Å². The highest BCUT2D eigenvalue weighted by Gasteiger charge is 2.19. The minimum Gasteiger partial charge on any atom is -0.271 e. The summed E-state index contributed by atoms with van der Waals surface area (Å²) in [7, 11) is 0. The fourth-order valence-corrected chi connectivity index (χ4v) is 2.37. The van der Waals surface area contributed by atoms with Crippen molar-refractivity contribution in [3.63, 3.8) is 0 Å². The van der Waals surface area contributed by atoms with Gasteiger partial charge in [0, 0.05) is 11.5 Å². The first-order chi connectivity index (χ1) is 12.1. The lowest BCUT2D eigenvalue weighted by atomic mass is 10.2. The minimum atomic E-state index is -0.687. The molecule has 1 N–H and O–H groups in total. The third-order valence-electron chi connectivity index (χ3n) is 3.56. The van der Waals surface area contributed by atoms with Gasteiger partial charge in [-0.2, -0.15) is 5.10 Å². The van der Waals surface area contributed by atoms with Crippen LogP contribution in [-0.4, -0.2) is 9.85 Å². The van der Waals surface area contributed by atoms with Crippen molar-refractivity contribution in [3.8, 4) is 0 Å². The fraction of sp³-hybridized carbons (Fsp3) is 0. The molecule has 0 aliphatic rings. The largest absolute Gasteiger partial charge is 0.301 e. The lowest BCUT2D eigenvalue weighted by Crippen LogP contribution is -2.05. The summed E-state index contributed by atoms with van der Waals surface area (Å²) >= 11 is 0. The number of nitrogens with zero attached hydrogens (tertiary/aromatic N) is 3. The second kappa shape index (κ2) is 6.75. The summed E-state index contributed by atoms with van der Waals surface area (Å²) in [6.07, 6.45) is 0. The van der Waals surface area contributed by atoms with Gasteiger partial charge in [0.25, 0.3) is 5.69 Å². The van der Waals surface area contributed by atoms with Crippen LogP contribution in [0.15, 0.2) is 71.8 Å². The van der Waals surface area contributed by atoms with Gasteiger partial charge in [0.2, 0.25) is 0 Å². The van der Waals surface area contributed by atoms with Gasteiger partial charge in [-0.25, -0.2) is 0 Å². The van der Waals surface area contributed by atoms with Crippen molar-refractivity contribution in [2.24, 2.45) is 5.10 Å². The third-order valence-corrected chi connectivity index (χ3v) is 3.56. The third kappa shape index (κ3) is 3.42. The van der Waals surface area contributed by atoms with E-state index >= 15 is 0 Å². The normalized spacial score (nSPS) is 11.3. The maximum Gasteiger partial charge on any atom is 0.301 e. The van der Waals surface area contributed by atoms with Gasteiger partial charge in [0.05, 0.1) is 21.3 Å². The number of non-ortho nitro benzene ring substituents is 1. The van der Waals surface area contributed by atoms with Crippen LogP contribution in [0.5, 0.6) is 0 Å². The van der Waals surface area contributed by atoms with E-state index < -0.39 is 15.5 Å². The summed E-state index contributed by atoms with van der Waals surface area (Å²) in [5.41, 5.74) is 1.95.